The van der Waals surface area contributed by atoms with Gasteiger partial charge in [-0.2, -0.15) is 0 Å². The Hall–Kier alpha value is -2.73. The Kier molecular flexibility index (Phi) is 3.37. The molecule has 1 aliphatic rings. The van der Waals surface area contributed by atoms with Crippen LogP contribution in [-0.4, -0.2) is 16.9 Å². The highest BCUT2D eigenvalue weighted by atomic mass is 32.1. The van der Waals surface area contributed by atoms with Crippen LogP contribution in [-0.2, 0) is 0 Å². The van der Waals surface area contributed by atoms with Gasteiger partial charge in [-0.3, -0.25) is 14.9 Å². The quantitative estimate of drug-likeness (QED) is 0.586. The molecule has 0 aromatic heterocycles. The number of anilines is 2. The topological polar surface area (TPSA) is 70.2 Å². The summed E-state index contributed by atoms with van der Waals surface area (Å²) < 4.78 is 0. The fourth-order valence-electron chi connectivity index (χ4n) is 2.06. The first-order valence-corrected chi connectivity index (χ1v) is 6.67. The lowest BCUT2D eigenvalue weighted by Crippen LogP contribution is -2.20. The molecule has 0 bridgehead atoms. The number of hydrogen-bond donors (Lipinski definition) is 3. The highest BCUT2D eigenvalue weighted by Crippen LogP contribution is 2.20. The van der Waals surface area contributed by atoms with Crippen LogP contribution in [0.1, 0.15) is 20.7 Å². The minimum atomic E-state index is -0.388. The van der Waals surface area contributed by atoms with Crippen molar-refractivity contribution in [3.05, 3.63) is 59.7 Å². The summed E-state index contributed by atoms with van der Waals surface area (Å²) in [5.74, 6) is -0.757. The second-order valence-electron chi connectivity index (χ2n) is 4.49. The van der Waals surface area contributed by atoms with Crippen molar-refractivity contribution < 1.29 is 9.59 Å². The summed E-state index contributed by atoms with van der Waals surface area (Å²) in [6, 6.07) is 14.4. The maximum atomic E-state index is 11.6. The number of imide groups is 1. The molecule has 0 fully saturated rings. The molecule has 6 heteroatoms. The Morgan fingerprint density at radius 2 is 1.52 bits per heavy atom. The lowest BCUT2D eigenvalue weighted by atomic mass is 10.1. The number of rotatable bonds is 2. The minimum Gasteiger partial charge on any atom is -0.332 e. The van der Waals surface area contributed by atoms with Crippen LogP contribution in [0.4, 0.5) is 11.4 Å². The Morgan fingerprint density at radius 3 is 2.29 bits per heavy atom. The summed E-state index contributed by atoms with van der Waals surface area (Å²) in [6.45, 7) is 0. The summed E-state index contributed by atoms with van der Waals surface area (Å²) in [5, 5.41) is 8.67. The van der Waals surface area contributed by atoms with Crippen LogP contribution in [0.15, 0.2) is 48.5 Å². The van der Waals surface area contributed by atoms with Gasteiger partial charge < -0.3 is 10.6 Å². The van der Waals surface area contributed by atoms with Crippen LogP contribution < -0.4 is 16.0 Å². The lowest BCUT2D eigenvalue weighted by molar-refractivity contribution is 0.0879. The predicted molar refractivity (Wildman–Crippen MR) is 84.5 cm³/mol. The van der Waals surface area contributed by atoms with Gasteiger partial charge in [-0.05, 0) is 42.5 Å². The average Bonchev–Trinajstić information content (AvgIpc) is 2.74. The maximum absolute atomic E-state index is 11.6. The molecule has 21 heavy (non-hydrogen) atoms. The number of nitrogens with one attached hydrogen (secondary N) is 3. The van der Waals surface area contributed by atoms with Crippen molar-refractivity contribution in [2.75, 3.05) is 10.6 Å². The molecule has 0 radical (unpaired) electrons. The zero-order chi connectivity index (χ0) is 14.8. The standard InChI is InChI=1S/C15H11N3O2S/c19-13-11-7-6-10(8-12(11)14(20)18-13)17-15(21)16-9-4-2-1-3-5-9/h1-8H,(H2,16,17,21)(H,18,19,20). The average molecular weight is 297 g/mol. The molecule has 2 aromatic carbocycles. The molecule has 104 valence electrons. The summed E-state index contributed by atoms with van der Waals surface area (Å²) in [4.78, 5) is 23.1. The molecule has 0 unspecified atom stereocenters. The zero-order valence-corrected chi connectivity index (χ0v) is 11.7. The van der Waals surface area contributed by atoms with Crippen molar-refractivity contribution in [3.63, 3.8) is 0 Å². The number of carbonyl (C=O) groups excluding carboxylic acids is 2. The first kappa shape index (κ1) is 13.3. The van der Waals surface area contributed by atoms with E-state index in [1.54, 1.807) is 18.2 Å². The van der Waals surface area contributed by atoms with Gasteiger partial charge in [0.15, 0.2) is 5.11 Å². The molecular weight excluding hydrogens is 286 g/mol. The van der Waals surface area contributed by atoms with E-state index in [2.05, 4.69) is 16.0 Å². The van der Waals surface area contributed by atoms with Crippen LogP contribution in [0.5, 0.6) is 0 Å². The minimum absolute atomic E-state index is 0.354. The van der Waals surface area contributed by atoms with Gasteiger partial charge in [0.05, 0.1) is 11.1 Å². The van der Waals surface area contributed by atoms with Gasteiger partial charge in [-0.25, -0.2) is 0 Å². The Labute approximate surface area is 126 Å². The van der Waals surface area contributed by atoms with Gasteiger partial charge in [0.2, 0.25) is 0 Å². The van der Waals surface area contributed by atoms with E-state index >= 15 is 0 Å². The predicted octanol–water partition coefficient (Wildman–Crippen LogP) is 2.38. The molecule has 1 aliphatic heterocycles. The summed E-state index contributed by atoms with van der Waals surface area (Å²) in [5.41, 5.74) is 2.25. The SMILES string of the molecule is O=C1NC(=O)c2cc(NC(=S)Nc3ccccc3)ccc21. The molecule has 0 spiro atoms. The van der Waals surface area contributed by atoms with E-state index in [4.69, 9.17) is 12.2 Å². The number of carbonyl (C=O) groups is 2. The van der Waals surface area contributed by atoms with Gasteiger partial charge in [0, 0.05) is 11.4 Å². The molecule has 0 saturated carbocycles. The Bertz CT molecular complexity index is 744. The van der Waals surface area contributed by atoms with Gasteiger partial charge >= 0.3 is 0 Å². The van der Waals surface area contributed by atoms with Crippen LogP contribution in [0.25, 0.3) is 0 Å². The molecule has 0 saturated heterocycles. The molecule has 0 atom stereocenters. The van der Waals surface area contributed by atoms with E-state index in [1.807, 2.05) is 30.3 Å². The van der Waals surface area contributed by atoms with Crippen molar-refractivity contribution in [3.8, 4) is 0 Å². The van der Waals surface area contributed by atoms with Gasteiger partial charge in [0.25, 0.3) is 11.8 Å². The van der Waals surface area contributed by atoms with Gasteiger partial charge in [-0.15, -0.1) is 0 Å². The third kappa shape index (κ3) is 2.75. The highest BCUT2D eigenvalue weighted by molar-refractivity contribution is 7.80. The summed E-state index contributed by atoms with van der Waals surface area (Å²) in [6.07, 6.45) is 0. The maximum Gasteiger partial charge on any atom is 0.259 e. The number of amides is 2. The molecule has 3 rings (SSSR count). The first-order valence-electron chi connectivity index (χ1n) is 6.26. The molecule has 0 aliphatic carbocycles. The summed E-state index contributed by atoms with van der Waals surface area (Å²) in [7, 11) is 0. The number of thiocarbonyl (C=S) groups is 1. The van der Waals surface area contributed by atoms with Crippen LogP contribution in [0.2, 0.25) is 0 Å². The fourth-order valence-corrected chi connectivity index (χ4v) is 2.30. The molecular formula is C15H11N3O2S. The molecule has 5 nitrogen and oxygen atoms in total. The van der Waals surface area contributed by atoms with E-state index in [0.717, 1.165) is 5.69 Å². The van der Waals surface area contributed by atoms with Crippen LogP contribution in [0, 0.1) is 0 Å². The van der Waals surface area contributed by atoms with Gasteiger partial charge in [0.1, 0.15) is 0 Å². The number of benzene rings is 2. The number of fused-ring (bicyclic) bond motifs is 1. The Morgan fingerprint density at radius 1 is 0.857 bits per heavy atom. The molecule has 1 heterocycles. The monoisotopic (exact) mass is 297 g/mol. The third-order valence-electron chi connectivity index (χ3n) is 3.03. The molecule has 2 amide bonds. The second-order valence-corrected chi connectivity index (χ2v) is 4.90. The molecule has 3 N–H and O–H groups in total. The van der Waals surface area contributed by atoms with E-state index in [-0.39, 0.29) is 11.8 Å². The number of hydrogen-bond acceptors (Lipinski definition) is 3. The van der Waals surface area contributed by atoms with Crippen molar-refractivity contribution in [2.24, 2.45) is 0 Å². The van der Waals surface area contributed by atoms with E-state index in [0.29, 0.717) is 21.9 Å². The van der Waals surface area contributed by atoms with Crippen LogP contribution in [0.3, 0.4) is 0 Å². The Balaban J connectivity index is 1.74. The van der Waals surface area contributed by atoms with Crippen molar-refractivity contribution in [1.82, 2.24) is 5.32 Å². The first-order chi connectivity index (χ1) is 10.1. The molecule has 2 aromatic rings. The van der Waals surface area contributed by atoms with Crippen molar-refractivity contribution >= 4 is 40.5 Å². The normalized spacial score (nSPS) is 12.6. The largest absolute Gasteiger partial charge is 0.332 e. The summed E-state index contributed by atoms with van der Waals surface area (Å²) >= 11 is 5.21. The second kappa shape index (κ2) is 5.34. The smallest absolute Gasteiger partial charge is 0.259 e. The highest BCUT2D eigenvalue weighted by Gasteiger charge is 2.26. The van der Waals surface area contributed by atoms with Crippen molar-refractivity contribution in [2.45, 2.75) is 0 Å². The zero-order valence-electron chi connectivity index (χ0n) is 10.8. The van der Waals surface area contributed by atoms with E-state index in [9.17, 15) is 9.59 Å². The van der Waals surface area contributed by atoms with Crippen molar-refractivity contribution in [1.29, 1.82) is 0 Å². The lowest BCUT2D eigenvalue weighted by Gasteiger charge is -2.10. The van der Waals surface area contributed by atoms with E-state index in [1.165, 1.54) is 0 Å². The third-order valence-corrected chi connectivity index (χ3v) is 3.23. The fraction of sp³-hybridized carbons (Fsp3) is 0. The van der Waals surface area contributed by atoms with Gasteiger partial charge in [-0.1, -0.05) is 18.2 Å². The number of para-hydroxylation sites is 1. The van der Waals surface area contributed by atoms with E-state index < -0.39 is 0 Å². The van der Waals surface area contributed by atoms with Crippen LogP contribution >= 0.6 is 12.2 Å².